The fourth-order valence-electron chi connectivity index (χ4n) is 2.13. The van der Waals surface area contributed by atoms with E-state index < -0.39 is 0 Å². The summed E-state index contributed by atoms with van der Waals surface area (Å²) in [7, 11) is 0. The summed E-state index contributed by atoms with van der Waals surface area (Å²) in [6.45, 7) is 7.53. The van der Waals surface area contributed by atoms with Crippen LogP contribution in [0.2, 0.25) is 0 Å². The fourth-order valence-corrected chi connectivity index (χ4v) is 2.13. The number of hydrogen-bond donors (Lipinski definition) is 2. The second-order valence-electron chi connectivity index (χ2n) is 4.94. The van der Waals surface area contributed by atoms with Gasteiger partial charge in [-0.3, -0.25) is 4.79 Å². The summed E-state index contributed by atoms with van der Waals surface area (Å²) >= 11 is 0. The van der Waals surface area contributed by atoms with Gasteiger partial charge in [-0.25, -0.2) is 0 Å². The first-order valence-electron chi connectivity index (χ1n) is 6.63. The standard InChI is InChI=1S/C15H24N2O/c1-4-13(5-6-16)10-17-15(18)14-8-11(2)7-12(3)9-14/h7-9,13H,4-6,10,16H2,1-3H3,(H,17,18). The van der Waals surface area contributed by atoms with Gasteiger partial charge in [-0.15, -0.1) is 0 Å². The largest absolute Gasteiger partial charge is 0.352 e. The average molecular weight is 248 g/mol. The van der Waals surface area contributed by atoms with Crippen LogP contribution in [0.15, 0.2) is 18.2 Å². The zero-order chi connectivity index (χ0) is 13.5. The molecule has 18 heavy (non-hydrogen) atoms. The molecule has 3 N–H and O–H groups in total. The van der Waals surface area contributed by atoms with Crippen LogP contribution in [0.25, 0.3) is 0 Å². The topological polar surface area (TPSA) is 55.1 Å². The summed E-state index contributed by atoms with van der Waals surface area (Å²) in [6.07, 6.45) is 2.01. The number of nitrogens with two attached hydrogens (primary N) is 1. The number of hydrogen-bond acceptors (Lipinski definition) is 2. The Hall–Kier alpha value is -1.35. The third-order valence-electron chi connectivity index (χ3n) is 3.19. The quantitative estimate of drug-likeness (QED) is 0.812. The number of benzene rings is 1. The van der Waals surface area contributed by atoms with E-state index in [1.54, 1.807) is 0 Å². The van der Waals surface area contributed by atoms with Crippen molar-refractivity contribution in [3.8, 4) is 0 Å². The van der Waals surface area contributed by atoms with Gasteiger partial charge in [-0.2, -0.15) is 0 Å². The number of amides is 1. The molecule has 1 amide bonds. The lowest BCUT2D eigenvalue weighted by molar-refractivity contribution is 0.0946. The monoisotopic (exact) mass is 248 g/mol. The molecule has 1 aromatic carbocycles. The summed E-state index contributed by atoms with van der Waals surface area (Å²) < 4.78 is 0. The molecule has 0 saturated heterocycles. The first-order chi connectivity index (χ1) is 8.56. The molecule has 3 nitrogen and oxygen atoms in total. The Labute approximate surface area is 110 Å². The first-order valence-corrected chi connectivity index (χ1v) is 6.63. The number of carbonyl (C=O) groups is 1. The zero-order valence-electron chi connectivity index (χ0n) is 11.6. The van der Waals surface area contributed by atoms with E-state index in [0.717, 1.165) is 29.5 Å². The van der Waals surface area contributed by atoms with Gasteiger partial charge in [0.05, 0.1) is 0 Å². The van der Waals surface area contributed by atoms with E-state index in [9.17, 15) is 4.79 Å². The van der Waals surface area contributed by atoms with Crippen LogP contribution in [-0.4, -0.2) is 19.0 Å². The minimum Gasteiger partial charge on any atom is -0.352 e. The molecule has 0 heterocycles. The lowest BCUT2D eigenvalue weighted by atomic mass is 10.0. The van der Waals surface area contributed by atoms with Crippen molar-refractivity contribution < 1.29 is 4.79 Å². The van der Waals surface area contributed by atoms with E-state index in [1.165, 1.54) is 0 Å². The molecule has 0 saturated carbocycles. The van der Waals surface area contributed by atoms with Crippen molar-refractivity contribution in [2.45, 2.75) is 33.6 Å². The van der Waals surface area contributed by atoms with Gasteiger partial charge in [0.15, 0.2) is 0 Å². The highest BCUT2D eigenvalue weighted by molar-refractivity contribution is 5.94. The minimum absolute atomic E-state index is 0.0114. The summed E-state index contributed by atoms with van der Waals surface area (Å²) in [5.41, 5.74) is 8.53. The van der Waals surface area contributed by atoms with Crippen LogP contribution in [0.5, 0.6) is 0 Å². The van der Waals surface area contributed by atoms with Crippen molar-refractivity contribution in [2.75, 3.05) is 13.1 Å². The highest BCUT2D eigenvalue weighted by atomic mass is 16.1. The molecule has 0 bridgehead atoms. The van der Waals surface area contributed by atoms with Gasteiger partial charge in [-0.05, 0) is 44.9 Å². The van der Waals surface area contributed by atoms with Crippen LogP contribution in [0.1, 0.15) is 41.3 Å². The Morgan fingerprint density at radius 2 is 1.89 bits per heavy atom. The normalized spacial score (nSPS) is 12.2. The van der Waals surface area contributed by atoms with Gasteiger partial charge in [0, 0.05) is 12.1 Å². The van der Waals surface area contributed by atoms with Crippen LogP contribution in [0.3, 0.4) is 0 Å². The second kappa shape index (κ2) is 7.17. The molecular weight excluding hydrogens is 224 g/mol. The smallest absolute Gasteiger partial charge is 0.251 e. The van der Waals surface area contributed by atoms with E-state index in [1.807, 2.05) is 26.0 Å². The SMILES string of the molecule is CCC(CCN)CNC(=O)c1cc(C)cc(C)c1. The molecule has 0 aromatic heterocycles. The number of aryl methyl sites for hydroxylation is 2. The Morgan fingerprint density at radius 1 is 1.28 bits per heavy atom. The van der Waals surface area contributed by atoms with Gasteiger partial charge < -0.3 is 11.1 Å². The van der Waals surface area contributed by atoms with Crippen LogP contribution in [-0.2, 0) is 0 Å². The van der Waals surface area contributed by atoms with Crippen LogP contribution in [0, 0.1) is 19.8 Å². The molecule has 0 aliphatic carbocycles. The molecular formula is C15H24N2O. The van der Waals surface area contributed by atoms with E-state index in [-0.39, 0.29) is 5.91 Å². The van der Waals surface area contributed by atoms with Crippen molar-refractivity contribution in [3.63, 3.8) is 0 Å². The van der Waals surface area contributed by atoms with E-state index in [2.05, 4.69) is 18.3 Å². The lowest BCUT2D eigenvalue weighted by Gasteiger charge is -2.15. The van der Waals surface area contributed by atoms with Gasteiger partial charge in [0.1, 0.15) is 0 Å². The van der Waals surface area contributed by atoms with E-state index >= 15 is 0 Å². The molecule has 1 atom stereocenters. The van der Waals surface area contributed by atoms with Crippen LogP contribution < -0.4 is 11.1 Å². The highest BCUT2D eigenvalue weighted by Gasteiger charge is 2.10. The van der Waals surface area contributed by atoms with Gasteiger partial charge in [0.25, 0.3) is 5.91 Å². The molecule has 1 unspecified atom stereocenters. The molecule has 1 rings (SSSR count). The molecule has 100 valence electrons. The van der Waals surface area contributed by atoms with E-state index in [4.69, 9.17) is 5.73 Å². The van der Waals surface area contributed by atoms with Crippen molar-refractivity contribution >= 4 is 5.91 Å². The molecule has 0 fully saturated rings. The maximum absolute atomic E-state index is 12.0. The molecule has 1 aromatic rings. The van der Waals surface area contributed by atoms with Crippen LogP contribution in [0.4, 0.5) is 0 Å². The molecule has 3 heteroatoms. The Bertz CT molecular complexity index is 381. The van der Waals surface area contributed by atoms with Gasteiger partial charge in [-0.1, -0.05) is 30.5 Å². The first kappa shape index (κ1) is 14.7. The highest BCUT2D eigenvalue weighted by Crippen LogP contribution is 2.10. The van der Waals surface area contributed by atoms with Gasteiger partial charge in [0.2, 0.25) is 0 Å². The summed E-state index contributed by atoms with van der Waals surface area (Å²) in [4.78, 5) is 12.0. The summed E-state index contributed by atoms with van der Waals surface area (Å²) in [6, 6.07) is 5.92. The lowest BCUT2D eigenvalue weighted by Crippen LogP contribution is -2.30. The maximum Gasteiger partial charge on any atom is 0.251 e. The van der Waals surface area contributed by atoms with Crippen LogP contribution >= 0.6 is 0 Å². The van der Waals surface area contributed by atoms with Crippen molar-refractivity contribution in [1.29, 1.82) is 0 Å². The molecule has 0 aliphatic heterocycles. The predicted octanol–water partition coefficient (Wildman–Crippen LogP) is 2.41. The Morgan fingerprint density at radius 3 is 2.39 bits per heavy atom. The minimum atomic E-state index is 0.0114. The fraction of sp³-hybridized carbons (Fsp3) is 0.533. The number of nitrogens with one attached hydrogen (secondary N) is 1. The Balaban J connectivity index is 2.59. The van der Waals surface area contributed by atoms with E-state index in [0.29, 0.717) is 19.0 Å². The summed E-state index contributed by atoms with van der Waals surface area (Å²) in [5, 5.41) is 2.99. The van der Waals surface area contributed by atoms with Crippen molar-refractivity contribution in [1.82, 2.24) is 5.32 Å². The average Bonchev–Trinajstić information content (AvgIpc) is 2.32. The molecule has 0 spiro atoms. The van der Waals surface area contributed by atoms with Crippen molar-refractivity contribution in [3.05, 3.63) is 34.9 Å². The molecule has 0 aliphatic rings. The molecule has 0 radical (unpaired) electrons. The summed E-state index contributed by atoms with van der Waals surface area (Å²) in [5.74, 6) is 0.488. The van der Waals surface area contributed by atoms with Crippen molar-refractivity contribution in [2.24, 2.45) is 11.7 Å². The Kier molecular flexibility index (Phi) is 5.86. The van der Waals surface area contributed by atoms with Gasteiger partial charge >= 0.3 is 0 Å². The maximum atomic E-state index is 12.0. The third kappa shape index (κ3) is 4.49. The second-order valence-corrected chi connectivity index (χ2v) is 4.94. The third-order valence-corrected chi connectivity index (χ3v) is 3.19. The number of rotatable bonds is 6. The number of carbonyl (C=O) groups excluding carboxylic acids is 1. The zero-order valence-corrected chi connectivity index (χ0v) is 11.6. The predicted molar refractivity (Wildman–Crippen MR) is 75.7 cm³/mol.